The number of amides is 1. The molecule has 2 aromatic carbocycles. The van der Waals surface area contributed by atoms with Crippen molar-refractivity contribution in [1.82, 2.24) is 20.1 Å². The van der Waals surface area contributed by atoms with Gasteiger partial charge in [0.1, 0.15) is 11.4 Å². The van der Waals surface area contributed by atoms with Gasteiger partial charge in [-0.05, 0) is 30.3 Å². The van der Waals surface area contributed by atoms with Crippen LogP contribution in [0.25, 0.3) is 16.9 Å². The summed E-state index contributed by atoms with van der Waals surface area (Å²) >= 11 is 0. The van der Waals surface area contributed by atoms with Crippen molar-refractivity contribution < 1.29 is 9.53 Å². The lowest BCUT2D eigenvalue weighted by molar-refractivity contribution is 0.0925. The number of benzene rings is 2. The summed E-state index contributed by atoms with van der Waals surface area (Å²) in [5.41, 5.74) is 3.79. The molecule has 30 heavy (non-hydrogen) atoms. The van der Waals surface area contributed by atoms with E-state index in [-0.39, 0.29) is 11.9 Å². The topological polar surface area (TPSA) is 69.0 Å². The van der Waals surface area contributed by atoms with Gasteiger partial charge in [0.2, 0.25) is 0 Å². The Morgan fingerprint density at radius 1 is 1.03 bits per heavy atom. The fourth-order valence-electron chi connectivity index (χ4n) is 3.70. The molecule has 0 fully saturated rings. The molecule has 6 heteroatoms. The van der Waals surface area contributed by atoms with E-state index in [2.05, 4.69) is 10.3 Å². The Bertz CT molecular complexity index is 1170. The summed E-state index contributed by atoms with van der Waals surface area (Å²) in [7, 11) is 0. The summed E-state index contributed by atoms with van der Waals surface area (Å²) in [5, 5.41) is 7.87. The molecule has 1 amide bonds. The van der Waals surface area contributed by atoms with Gasteiger partial charge < -0.3 is 10.1 Å². The van der Waals surface area contributed by atoms with E-state index < -0.39 is 0 Å². The third kappa shape index (κ3) is 3.43. The number of hydrogen-bond acceptors (Lipinski definition) is 4. The number of nitrogens with zero attached hydrogens (tertiary/aromatic N) is 3. The fraction of sp³-hybridized carbons (Fsp3) is 0.125. The van der Waals surface area contributed by atoms with Crippen LogP contribution in [0.3, 0.4) is 0 Å². The molecule has 1 atom stereocenters. The molecule has 2 aromatic heterocycles. The molecule has 1 unspecified atom stereocenters. The Balaban J connectivity index is 1.52. The van der Waals surface area contributed by atoms with Crippen LogP contribution in [-0.2, 0) is 0 Å². The third-order valence-corrected chi connectivity index (χ3v) is 5.18. The van der Waals surface area contributed by atoms with Crippen molar-refractivity contribution in [3.8, 4) is 22.7 Å². The van der Waals surface area contributed by atoms with Crippen LogP contribution < -0.4 is 10.1 Å². The van der Waals surface area contributed by atoms with Crippen molar-refractivity contribution in [1.29, 1.82) is 0 Å². The average Bonchev–Trinajstić information content (AvgIpc) is 3.26. The van der Waals surface area contributed by atoms with Gasteiger partial charge in [0.15, 0.2) is 0 Å². The molecule has 0 bridgehead atoms. The van der Waals surface area contributed by atoms with Gasteiger partial charge >= 0.3 is 0 Å². The van der Waals surface area contributed by atoms with Gasteiger partial charge in [-0.15, -0.1) is 0 Å². The highest BCUT2D eigenvalue weighted by atomic mass is 16.5. The van der Waals surface area contributed by atoms with Gasteiger partial charge in [-0.1, -0.05) is 36.4 Å². The van der Waals surface area contributed by atoms with Gasteiger partial charge in [-0.2, -0.15) is 5.10 Å². The van der Waals surface area contributed by atoms with Gasteiger partial charge in [0.25, 0.3) is 5.91 Å². The molecule has 0 radical (unpaired) electrons. The zero-order chi connectivity index (χ0) is 20.3. The van der Waals surface area contributed by atoms with Gasteiger partial charge in [0, 0.05) is 36.1 Å². The zero-order valence-electron chi connectivity index (χ0n) is 16.2. The lowest BCUT2D eigenvalue weighted by Crippen LogP contribution is -2.32. The number of nitrogens with one attached hydrogen (secondary N) is 1. The maximum absolute atomic E-state index is 13.3. The first kappa shape index (κ1) is 18.1. The van der Waals surface area contributed by atoms with Crippen LogP contribution >= 0.6 is 0 Å². The fourth-order valence-corrected chi connectivity index (χ4v) is 3.70. The number of rotatable bonds is 4. The van der Waals surface area contributed by atoms with E-state index >= 15 is 0 Å². The first-order valence-electron chi connectivity index (χ1n) is 9.88. The molecule has 0 saturated heterocycles. The molecule has 0 saturated carbocycles. The van der Waals surface area contributed by atoms with Crippen molar-refractivity contribution in [2.24, 2.45) is 0 Å². The number of aromatic nitrogens is 3. The van der Waals surface area contributed by atoms with E-state index in [0.29, 0.717) is 17.9 Å². The normalized spacial score (nSPS) is 15.1. The monoisotopic (exact) mass is 396 g/mol. The number of pyridine rings is 1. The van der Waals surface area contributed by atoms with Gasteiger partial charge in [-0.25, -0.2) is 4.68 Å². The first-order valence-corrected chi connectivity index (χ1v) is 9.88. The molecule has 4 aromatic rings. The van der Waals surface area contributed by atoms with Gasteiger partial charge in [0.05, 0.1) is 23.9 Å². The number of hydrogen-bond donors (Lipinski definition) is 1. The molecule has 3 heterocycles. The average molecular weight is 396 g/mol. The molecular weight excluding hydrogens is 376 g/mol. The van der Waals surface area contributed by atoms with Crippen molar-refractivity contribution >= 4 is 5.91 Å². The summed E-state index contributed by atoms with van der Waals surface area (Å²) in [6, 6.07) is 21.2. The van der Waals surface area contributed by atoms with E-state index in [1.54, 1.807) is 23.3 Å². The molecule has 1 N–H and O–H groups in total. The summed E-state index contributed by atoms with van der Waals surface area (Å²) in [4.78, 5) is 17.5. The maximum Gasteiger partial charge on any atom is 0.255 e. The lowest BCUT2D eigenvalue weighted by Gasteiger charge is -2.26. The highest BCUT2D eigenvalue weighted by molar-refractivity contribution is 6.00. The highest BCUT2D eigenvalue weighted by Crippen LogP contribution is 2.32. The number of fused-ring (bicyclic) bond motifs is 1. The van der Waals surface area contributed by atoms with Crippen LogP contribution in [0.1, 0.15) is 28.4 Å². The molecule has 5 rings (SSSR count). The van der Waals surface area contributed by atoms with Crippen molar-refractivity contribution in [2.75, 3.05) is 6.61 Å². The van der Waals surface area contributed by atoms with Crippen LogP contribution in [0.4, 0.5) is 0 Å². The zero-order valence-corrected chi connectivity index (χ0v) is 16.2. The second kappa shape index (κ2) is 7.83. The predicted octanol–water partition coefficient (Wildman–Crippen LogP) is 4.19. The molecule has 1 aliphatic rings. The van der Waals surface area contributed by atoms with E-state index in [9.17, 15) is 4.79 Å². The number of carbonyl (C=O) groups is 1. The second-order valence-corrected chi connectivity index (χ2v) is 7.11. The van der Waals surface area contributed by atoms with Crippen LogP contribution in [-0.4, -0.2) is 27.3 Å². The van der Waals surface area contributed by atoms with E-state index in [1.165, 1.54) is 0 Å². The van der Waals surface area contributed by atoms with Crippen molar-refractivity contribution in [3.63, 3.8) is 0 Å². The number of carbonyl (C=O) groups excluding carboxylic acids is 1. The van der Waals surface area contributed by atoms with Crippen molar-refractivity contribution in [2.45, 2.75) is 12.5 Å². The van der Waals surface area contributed by atoms with Crippen LogP contribution in [0.15, 0.2) is 85.3 Å². The Hall–Kier alpha value is -3.93. The van der Waals surface area contributed by atoms with Crippen molar-refractivity contribution in [3.05, 3.63) is 96.4 Å². The lowest BCUT2D eigenvalue weighted by atomic mass is 10.00. The first-order chi connectivity index (χ1) is 14.8. The summed E-state index contributed by atoms with van der Waals surface area (Å²) in [6.07, 6.45) is 5.92. The minimum Gasteiger partial charge on any atom is -0.493 e. The Morgan fingerprint density at radius 3 is 2.70 bits per heavy atom. The summed E-state index contributed by atoms with van der Waals surface area (Å²) < 4.78 is 7.45. The quantitative estimate of drug-likeness (QED) is 0.562. The standard InChI is InChI=1S/C24H20N4O2/c29-24(26-21-12-14-30-22-11-5-4-10-19(21)22)20-16-28(18-8-2-1-3-9-18)27-23(20)17-7-6-13-25-15-17/h1-11,13,15-16,21H,12,14H2,(H,26,29). The van der Waals surface area contributed by atoms with Crippen LogP contribution in [0.2, 0.25) is 0 Å². The smallest absolute Gasteiger partial charge is 0.255 e. The minimum atomic E-state index is -0.169. The summed E-state index contributed by atoms with van der Waals surface area (Å²) in [5.74, 6) is 0.652. The largest absolute Gasteiger partial charge is 0.493 e. The molecule has 6 nitrogen and oxygen atoms in total. The Kier molecular flexibility index (Phi) is 4.73. The SMILES string of the molecule is O=C(NC1CCOc2ccccc21)c1cn(-c2ccccc2)nc1-c1cccnc1. The number of ether oxygens (including phenoxy) is 1. The summed E-state index contributed by atoms with van der Waals surface area (Å²) in [6.45, 7) is 0.570. The Morgan fingerprint density at radius 2 is 1.87 bits per heavy atom. The van der Waals surface area contributed by atoms with E-state index in [1.807, 2.05) is 66.7 Å². The third-order valence-electron chi connectivity index (χ3n) is 5.18. The van der Waals surface area contributed by atoms with Crippen LogP contribution in [0, 0.1) is 0 Å². The Labute approximate surface area is 174 Å². The minimum absolute atomic E-state index is 0.107. The molecule has 1 aliphatic heterocycles. The maximum atomic E-state index is 13.3. The molecule has 148 valence electrons. The second-order valence-electron chi connectivity index (χ2n) is 7.11. The highest BCUT2D eigenvalue weighted by Gasteiger charge is 2.26. The predicted molar refractivity (Wildman–Crippen MR) is 114 cm³/mol. The molecular formula is C24H20N4O2. The molecule has 0 aliphatic carbocycles. The van der Waals surface area contributed by atoms with Gasteiger partial charge in [-0.3, -0.25) is 9.78 Å². The van der Waals surface area contributed by atoms with Crippen LogP contribution in [0.5, 0.6) is 5.75 Å². The molecule has 0 spiro atoms. The number of para-hydroxylation sites is 2. The van der Waals surface area contributed by atoms with E-state index in [4.69, 9.17) is 9.84 Å². The van der Waals surface area contributed by atoms with E-state index in [0.717, 1.165) is 29.0 Å².